The van der Waals surface area contributed by atoms with Crippen molar-refractivity contribution in [2.75, 3.05) is 19.5 Å². The van der Waals surface area contributed by atoms with Gasteiger partial charge in [-0.05, 0) is 55.5 Å². The number of thioether (sulfide) groups is 1. The van der Waals surface area contributed by atoms with Crippen LogP contribution in [0, 0.1) is 11.6 Å². The Morgan fingerprint density at radius 1 is 0.914 bits per heavy atom. The summed E-state index contributed by atoms with van der Waals surface area (Å²) in [5.74, 6) is 0.475. The highest BCUT2D eigenvalue weighted by Gasteiger charge is 2.22. The highest BCUT2D eigenvalue weighted by atomic mass is 32.2. The molecule has 7 nitrogen and oxygen atoms in total. The van der Waals surface area contributed by atoms with Crippen molar-refractivity contribution in [1.82, 2.24) is 14.8 Å². The van der Waals surface area contributed by atoms with E-state index in [4.69, 9.17) is 9.47 Å². The summed E-state index contributed by atoms with van der Waals surface area (Å²) >= 11 is 1.18. The molecule has 0 aliphatic heterocycles. The fraction of sp³-hybridized carbons (Fsp3) is 0.160. The highest BCUT2D eigenvalue weighted by molar-refractivity contribution is 8.00. The zero-order valence-electron chi connectivity index (χ0n) is 19.2. The number of nitrogens with one attached hydrogen (secondary N) is 1. The lowest BCUT2D eigenvalue weighted by molar-refractivity contribution is -0.115. The molecular formula is C25H22F2N4O3S. The second-order valence-corrected chi connectivity index (χ2v) is 8.78. The van der Waals surface area contributed by atoms with Crippen LogP contribution in [0.2, 0.25) is 0 Å². The molecule has 0 fully saturated rings. The minimum atomic E-state index is -0.573. The number of methoxy groups -OCH3 is 2. The number of aromatic nitrogens is 3. The third-order valence-electron chi connectivity index (χ3n) is 5.09. The first-order valence-corrected chi connectivity index (χ1v) is 11.4. The van der Waals surface area contributed by atoms with Crippen LogP contribution in [0.3, 0.4) is 0 Å². The van der Waals surface area contributed by atoms with Gasteiger partial charge in [0.1, 0.15) is 23.1 Å². The molecule has 0 bridgehead atoms. The van der Waals surface area contributed by atoms with Gasteiger partial charge in [-0.1, -0.05) is 11.8 Å². The number of rotatable bonds is 8. The Morgan fingerprint density at radius 3 is 2.06 bits per heavy atom. The zero-order chi connectivity index (χ0) is 24.9. The van der Waals surface area contributed by atoms with Gasteiger partial charge < -0.3 is 14.8 Å². The second-order valence-electron chi connectivity index (χ2n) is 7.48. The molecule has 4 aromatic rings. The van der Waals surface area contributed by atoms with E-state index in [-0.39, 0.29) is 17.5 Å². The Labute approximate surface area is 205 Å². The predicted molar refractivity (Wildman–Crippen MR) is 130 cm³/mol. The number of amides is 1. The molecule has 1 aromatic heterocycles. The molecule has 4 rings (SSSR count). The van der Waals surface area contributed by atoms with E-state index >= 15 is 0 Å². The smallest absolute Gasteiger partial charge is 0.237 e. The normalized spacial score (nSPS) is 11.7. The van der Waals surface area contributed by atoms with Crippen molar-refractivity contribution < 1.29 is 23.0 Å². The van der Waals surface area contributed by atoms with Gasteiger partial charge in [0.05, 0.1) is 19.5 Å². The lowest BCUT2D eigenvalue weighted by Crippen LogP contribution is -2.23. The molecule has 1 unspecified atom stereocenters. The first kappa shape index (κ1) is 24.2. The lowest BCUT2D eigenvalue weighted by atomic mass is 10.2. The summed E-state index contributed by atoms with van der Waals surface area (Å²) in [6.45, 7) is 1.73. The van der Waals surface area contributed by atoms with Crippen LogP contribution in [-0.2, 0) is 4.79 Å². The number of benzene rings is 3. The van der Waals surface area contributed by atoms with E-state index in [1.807, 2.05) is 0 Å². The second kappa shape index (κ2) is 10.6. The summed E-state index contributed by atoms with van der Waals surface area (Å²) < 4.78 is 39.2. The van der Waals surface area contributed by atoms with Gasteiger partial charge in [-0.3, -0.25) is 9.36 Å². The molecule has 1 N–H and O–H groups in total. The van der Waals surface area contributed by atoms with Crippen LogP contribution in [0.4, 0.5) is 14.5 Å². The fourth-order valence-corrected chi connectivity index (χ4v) is 4.16. The predicted octanol–water partition coefficient (Wildman–Crippen LogP) is 5.35. The molecule has 180 valence electrons. The van der Waals surface area contributed by atoms with Crippen LogP contribution >= 0.6 is 11.8 Å². The SMILES string of the molecule is COc1cc(NC(=O)C(C)Sc2nnc(-c3ccc(F)cc3)n2-c2ccc(F)cc2)cc(OC)c1. The van der Waals surface area contributed by atoms with Crippen molar-refractivity contribution in [2.24, 2.45) is 0 Å². The van der Waals surface area contributed by atoms with Crippen LogP contribution in [-0.4, -0.2) is 40.1 Å². The molecule has 0 aliphatic carbocycles. The summed E-state index contributed by atoms with van der Waals surface area (Å²) in [5, 5.41) is 11.2. The van der Waals surface area contributed by atoms with Crippen molar-refractivity contribution in [3.05, 3.63) is 78.4 Å². The standard InChI is InChI=1S/C25H22F2N4O3S/c1-15(24(32)28-19-12-21(33-2)14-22(13-19)34-3)35-25-30-29-23(16-4-6-17(26)7-5-16)31(25)20-10-8-18(27)9-11-20/h4-15H,1-3H3,(H,28,32). The molecule has 10 heteroatoms. The van der Waals surface area contributed by atoms with Crippen molar-refractivity contribution in [3.8, 4) is 28.6 Å². The van der Waals surface area contributed by atoms with Crippen LogP contribution in [0.1, 0.15) is 6.92 Å². The first-order valence-electron chi connectivity index (χ1n) is 10.6. The number of ether oxygens (including phenoxy) is 2. The number of hydrogen-bond donors (Lipinski definition) is 1. The van der Waals surface area contributed by atoms with Crippen molar-refractivity contribution in [3.63, 3.8) is 0 Å². The Morgan fingerprint density at radius 2 is 1.49 bits per heavy atom. The zero-order valence-corrected chi connectivity index (χ0v) is 20.0. The van der Waals surface area contributed by atoms with Gasteiger partial charge in [-0.15, -0.1) is 10.2 Å². The molecule has 35 heavy (non-hydrogen) atoms. The summed E-state index contributed by atoms with van der Waals surface area (Å²) in [5.41, 5.74) is 1.74. The van der Waals surface area contributed by atoms with Gasteiger partial charge in [-0.25, -0.2) is 8.78 Å². The van der Waals surface area contributed by atoms with Gasteiger partial charge >= 0.3 is 0 Å². The van der Waals surface area contributed by atoms with Crippen molar-refractivity contribution >= 4 is 23.4 Å². The van der Waals surface area contributed by atoms with Gasteiger partial charge in [0, 0.05) is 35.1 Å². The summed E-state index contributed by atoms with van der Waals surface area (Å²) in [6.07, 6.45) is 0. The van der Waals surface area contributed by atoms with Crippen LogP contribution in [0.15, 0.2) is 71.9 Å². The number of halogens is 2. The molecule has 0 saturated carbocycles. The van der Waals surface area contributed by atoms with Crippen LogP contribution in [0.25, 0.3) is 17.1 Å². The van der Waals surface area contributed by atoms with E-state index in [0.717, 1.165) is 0 Å². The maximum absolute atomic E-state index is 13.6. The molecule has 0 saturated heterocycles. The molecule has 0 radical (unpaired) electrons. The Balaban J connectivity index is 1.62. The maximum Gasteiger partial charge on any atom is 0.237 e. The average Bonchev–Trinajstić information content (AvgIpc) is 3.27. The molecule has 0 spiro atoms. The Hall–Kier alpha value is -3.92. The molecule has 1 amide bonds. The third-order valence-corrected chi connectivity index (χ3v) is 6.13. The van der Waals surface area contributed by atoms with Crippen LogP contribution in [0.5, 0.6) is 11.5 Å². The number of carbonyl (C=O) groups excluding carboxylic acids is 1. The molecular weight excluding hydrogens is 474 g/mol. The Bertz CT molecular complexity index is 1310. The van der Waals surface area contributed by atoms with E-state index in [1.54, 1.807) is 54.0 Å². The third kappa shape index (κ3) is 5.60. The number of hydrogen-bond acceptors (Lipinski definition) is 6. The maximum atomic E-state index is 13.6. The average molecular weight is 497 g/mol. The van der Waals surface area contributed by atoms with Crippen molar-refractivity contribution in [2.45, 2.75) is 17.3 Å². The fourth-order valence-electron chi connectivity index (χ4n) is 3.29. The lowest BCUT2D eigenvalue weighted by Gasteiger charge is -2.15. The minimum Gasteiger partial charge on any atom is -0.497 e. The molecule has 0 aliphatic rings. The van der Waals surface area contributed by atoms with Gasteiger partial charge in [0.15, 0.2) is 11.0 Å². The summed E-state index contributed by atoms with van der Waals surface area (Å²) in [7, 11) is 3.06. The van der Waals surface area contributed by atoms with Gasteiger partial charge in [0.25, 0.3) is 0 Å². The highest BCUT2D eigenvalue weighted by Crippen LogP contribution is 2.31. The van der Waals surface area contributed by atoms with E-state index in [1.165, 1.54) is 50.2 Å². The first-order chi connectivity index (χ1) is 16.9. The van der Waals surface area contributed by atoms with E-state index in [2.05, 4.69) is 15.5 Å². The van der Waals surface area contributed by atoms with Crippen molar-refractivity contribution in [1.29, 1.82) is 0 Å². The van der Waals surface area contributed by atoms with Gasteiger partial charge in [-0.2, -0.15) is 0 Å². The largest absolute Gasteiger partial charge is 0.497 e. The minimum absolute atomic E-state index is 0.276. The van der Waals surface area contributed by atoms with Gasteiger partial charge in [0.2, 0.25) is 5.91 Å². The molecule has 1 heterocycles. The summed E-state index contributed by atoms with van der Waals surface area (Å²) in [6, 6.07) is 16.7. The summed E-state index contributed by atoms with van der Waals surface area (Å²) in [4.78, 5) is 13.0. The molecule has 3 aromatic carbocycles. The number of anilines is 1. The quantitative estimate of drug-likeness (QED) is 0.332. The number of nitrogens with zero attached hydrogens (tertiary/aromatic N) is 3. The van der Waals surface area contributed by atoms with E-state index in [9.17, 15) is 13.6 Å². The van der Waals surface area contributed by atoms with Crippen LogP contribution < -0.4 is 14.8 Å². The molecule has 1 atom stereocenters. The monoisotopic (exact) mass is 496 g/mol. The van der Waals surface area contributed by atoms with E-state index in [0.29, 0.717) is 39.4 Å². The van der Waals surface area contributed by atoms with E-state index < -0.39 is 5.25 Å². The topological polar surface area (TPSA) is 78.3 Å². The Kier molecular flexibility index (Phi) is 7.31. The number of carbonyl (C=O) groups is 1.